The molecule has 1 aromatic heterocycles. The highest BCUT2D eigenvalue weighted by Crippen LogP contribution is 2.24. The molecule has 1 fully saturated rings. The highest BCUT2D eigenvalue weighted by Gasteiger charge is 2.27. The molecule has 0 radical (unpaired) electrons. The van der Waals surface area contributed by atoms with Crippen LogP contribution in [0.1, 0.15) is 35.9 Å². The van der Waals surface area contributed by atoms with Gasteiger partial charge in [0.05, 0.1) is 17.1 Å². The fourth-order valence-electron chi connectivity index (χ4n) is 3.90. The number of anilines is 1. The van der Waals surface area contributed by atoms with Crippen molar-refractivity contribution >= 4 is 22.4 Å². The fraction of sp³-hybridized carbons (Fsp3) is 0.304. The van der Waals surface area contributed by atoms with Crippen LogP contribution in [0.4, 0.5) is 10.1 Å². The first-order valence-electron chi connectivity index (χ1n) is 10.2. The molecular weight excluding hydrogens is 397 g/mol. The normalized spacial score (nSPS) is 14.2. The number of aromatic nitrogens is 2. The summed E-state index contributed by atoms with van der Waals surface area (Å²) in [5.41, 5.74) is 0.577. The number of carbonyl (C=O) groups is 1. The van der Waals surface area contributed by atoms with Gasteiger partial charge >= 0.3 is 0 Å². The molecular formula is C23H22FN5O2. The van der Waals surface area contributed by atoms with Crippen LogP contribution in [-0.2, 0) is 0 Å². The van der Waals surface area contributed by atoms with Gasteiger partial charge in [0.1, 0.15) is 17.4 Å². The van der Waals surface area contributed by atoms with Gasteiger partial charge in [0.15, 0.2) is 5.69 Å². The lowest BCUT2D eigenvalue weighted by Crippen LogP contribution is -2.49. The Kier molecular flexibility index (Phi) is 5.42. The van der Waals surface area contributed by atoms with Gasteiger partial charge in [0.2, 0.25) is 0 Å². The van der Waals surface area contributed by atoms with Gasteiger partial charge in [-0.2, -0.15) is 10.4 Å². The summed E-state index contributed by atoms with van der Waals surface area (Å²) in [6.07, 6.45) is 0. The van der Waals surface area contributed by atoms with Gasteiger partial charge in [-0.15, -0.1) is 0 Å². The summed E-state index contributed by atoms with van der Waals surface area (Å²) in [6.45, 7) is 5.43. The third kappa shape index (κ3) is 3.63. The average Bonchev–Trinajstić information content (AvgIpc) is 2.79. The van der Waals surface area contributed by atoms with Crippen molar-refractivity contribution in [2.24, 2.45) is 0 Å². The summed E-state index contributed by atoms with van der Waals surface area (Å²) in [4.78, 5) is 29.7. The fourth-order valence-corrected chi connectivity index (χ4v) is 3.90. The van der Waals surface area contributed by atoms with Crippen LogP contribution in [0, 0.1) is 17.1 Å². The van der Waals surface area contributed by atoms with Crippen LogP contribution in [0.15, 0.2) is 47.3 Å². The van der Waals surface area contributed by atoms with E-state index in [1.165, 1.54) is 10.7 Å². The highest BCUT2D eigenvalue weighted by molar-refractivity contribution is 6.04. The minimum Gasteiger partial charge on any atom is -0.367 e. The second kappa shape index (κ2) is 8.19. The molecule has 7 nitrogen and oxygen atoms in total. The maximum absolute atomic E-state index is 14.0. The summed E-state index contributed by atoms with van der Waals surface area (Å²) in [7, 11) is 0. The number of hydrogen-bond acceptors (Lipinski definition) is 5. The Morgan fingerprint density at radius 3 is 2.39 bits per heavy atom. The maximum atomic E-state index is 14.0. The van der Waals surface area contributed by atoms with Crippen molar-refractivity contribution in [1.29, 1.82) is 5.26 Å². The van der Waals surface area contributed by atoms with Crippen LogP contribution in [0.5, 0.6) is 0 Å². The zero-order valence-corrected chi connectivity index (χ0v) is 17.4. The number of rotatable bonds is 3. The largest absolute Gasteiger partial charge is 0.367 e. The number of nitriles is 1. The molecule has 1 saturated heterocycles. The van der Waals surface area contributed by atoms with Crippen molar-refractivity contribution in [2.75, 3.05) is 31.1 Å². The minimum atomic E-state index is -0.551. The summed E-state index contributed by atoms with van der Waals surface area (Å²) in [5, 5.41) is 14.7. The molecule has 0 spiro atoms. The number of amides is 1. The number of halogens is 1. The van der Waals surface area contributed by atoms with E-state index in [1.807, 2.05) is 24.8 Å². The number of piperazine rings is 1. The van der Waals surface area contributed by atoms with Crippen molar-refractivity contribution in [3.63, 3.8) is 0 Å². The first-order valence-corrected chi connectivity index (χ1v) is 10.2. The van der Waals surface area contributed by atoms with Crippen molar-refractivity contribution in [2.45, 2.75) is 19.9 Å². The smallest absolute Gasteiger partial charge is 0.275 e. The predicted molar refractivity (Wildman–Crippen MR) is 116 cm³/mol. The van der Waals surface area contributed by atoms with Crippen LogP contribution < -0.4 is 10.5 Å². The highest BCUT2D eigenvalue weighted by atomic mass is 19.1. The molecule has 0 saturated carbocycles. The van der Waals surface area contributed by atoms with Crippen LogP contribution >= 0.6 is 0 Å². The summed E-state index contributed by atoms with van der Waals surface area (Å²) in [6, 6.07) is 13.3. The Morgan fingerprint density at radius 1 is 1.06 bits per heavy atom. The lowest BCUT2D eigenvalue weighted by atomic mass is 10.1. The lowest BCUT2D eigenvalue weighted by molar-refractivity contribution is 0.0740. The minimum absolute atomic E-state index is 0.0129. The molecule has 4 rings (SSSR count). The molecule has 2 aromatic carbocycles. The molecule has 0 aliphatic carbocycles. The molecule has 1 aliphatic heterocycles. The predicted octanol–water partition coefficient (Wildman–Crippen LogP) is 2.95. The van der Waals surface area contributed by atoms with Crippen molar-refractivity contribution in [3.8, 4) is 6.07 Å². The van der Waals surface area contributed by atoms with Crippen molar-refractivity contribution in [1.82, 2.24) is 14.7 Å². The summed E-state index contributed by atoms with van der Waals surface area (Å²) < 4.78 is 15.3. The van der Waals surface area contributed by atoms with Gasteiger partial charge in [0.25, 0.3) is 11.5 Å². The Balaban J connectivity index is 1.62. The Hall–Kier alpha value is -3.73. The SMILES string of the molecule is CC(C)n1nc(C(=O)N2CCN(c3cccc(F)c3C#N)CC2)c2ccccc2c1=O. The standard InChI is InChI=1S/C23H22FN5O2/c1-15(2)29-22(30)17-7-4-3-6-16(17)21(26-29)23(31)28-12-10-27(11-13-28)20-9-5-8-19(24)18(20)14-25/h3-9,15H,10-13H2,1-2H3. The molecule has 0 atom stereocenters. The first kappa shape index (κ1) is 20.5. The summed E-state index contributed by atoms with van der Waals surface area (Å²) >= 11 is 0. The molecule has 158 valence electrons. The molecule has 0 N–H and O–H groups in total. The van der Waals surface area contributed by atoms with E-state index in [4.69, 9.17) is 0 Å². The second-order valence-corrected chi connectivity index (χ2v) is 7.76. The second-order valence-electron chi connectivity index (χ2n) is 7.76. The van der Waals surface area contributed by atoms with Crippen LogP contribution in [0.2, 0.25) is 0 Å². The molecule has 31 heavy (non-hydrogen) atoms. The van der Waals surface area contributed by atoms with E-state index in [2.05, 4.69) is 5.10 Å². The molecule has 1 aliphatic rings. The number of carbonyl (C=O) groups excluding carboxylic acids is 1. The van der Waals surface area contributed by atoms with E-state index < -0.39 is 5.82 Å². The van der Waals surface area contributed by atoms with Crippen LogP contribution in [0.25, 0.3) is 10.8 Å². The third-order valence-corrected chi connectivity index (χ3v) is 5.53. The Labute approximate surface area is 178 Å². The molecule has 1 amide bonds. The molecule has 0 unspecified atom stereocenters. The number of nitrogens with zero attached hydrogens (tertiary/aromatic N) is 5. The first-order chi connectivity index (χ1) is 14.9. The molecule has 0 bridgehead atoms. The van der Waals surface area contributed by atoms with Gasteiger partial charge in [-0.05, 0) is 32.0 Å². The van der Waals surface area contributed by atoms with Crippen LogP contribution in [0.3, 0.4) is 0 Å². The molecule has 8 heteroatoms. The lowest BCUT2D eigenvalue weighted by Gasteiger charge is -2.36. The van der Waals surface area contributed by atoms with Gasteiger partial charge in [0, 0.05) is 31.6 Å². The topological polar surface area (TPSA) is 82.2 Å². The maximum Gasteiger partial charge on any atom is 0.275 e. The van der Waals surface area contributed by atoms with E-state index in [9.17, 15) is 19.2 Å². The third-order valence-electron chi connectivity index (χ3n) is 5.53. The number of benzene rings is 2. The van der Waals surface area contributed by atoms with Gasteiger partial charge < -0.3 is 9.80 Å². The monoisotopic (exact) mass is 419 g/mol. The zero-order chi connectivity index (χ0) is 22.1. The van der Waals surface area contributed by atoms with E-state index in [0.29, 0.717) is 42.6 Å². The Morgan fingerprint density at radius 2 is 1.74 bits per heavy atom. The number of fused-ring (bicyclic) bond motifs is 1. The zero-order valence-electron chi connectivity index (χ0n) is 17.4. The molecule has 3 aromatic rings. The van der Waals surface area contributed by atoms with Gasteiger partial charge in [-0.25, -0.2) is 9.07 Å². The average molecular weight is 419 g/mol. The number of hydrogen-bond donors (Lipinski definition) is 0. The van der Waals surface area contributed by atoms with E-state index >= 15 is 0 Å². The Bertz CT molecular complexity index is 1250. The molecule has 2 heterocycles. The van der Waals surface area contributed by atoms with Crippen molar-refractivity contribution < 1.29 is 9.18 Å². The van der Waals surface area contributed by atoms with E-state index in [0.717, 1.165) is 0 Å². The van der Waals surface area contributed by atoms with E-state index in [-0.39, 0.29) is 28.8 Å². The summed E-state index contributed by atoms with van der Waals surface area (Å²) in [5.74, 6) is -0.796. The van der Waals surface area contributed by atoms with E-state index in [1.54, 1.807) is 41.3 Å². The quantitative estimate of drug-likeness (QED) is 0.652. The van der Waals surface area contributed by atoms with Gasteiger partial charge in [-0.3, -0.25) is 9.59 Å². The van der Waals surface area contributed by atoms with Crippen LogP contribution in [-0.4, -0.2) is 46.8 Å². The van der Waals surface area contributed by atoms with Gasteiger partial charge in [-0.1, -0.05) is 24.3 Å². The van der Waals surface area contributed by atoms with Crippen molar-refractivity contribution in [3.05, 3.63) is 69.9 Å².